The first-order valence-corrected chi connectivity index (χ1v) is 6.69. The Bertz CT molecular complexity index is 644. The fourth-order valence-electron chi connectivity index (χ4n) is 1.84. The monoisotopic (exact) mass is 307 g/mol. The highest BCUT2D eigenvalue weighted by Crippen LogP contribution is 2.17. The zero-order chi connectivity index (χ0) is 15.4. The standard InChI is InChI=1S/C15H15ClFN3O/c1-20(2)9-10-3-5-12(6-4-10)19-15(21)13-7-11(17)8-18-14(13)16/h3-8H,9H2,1-2H3,(H,19,21). The highest BCUT2D eigenvalue weighted by molar-refractivity contribution is 6.33. The summed E-state index contributed by atoms with van der Waals surface area (Å²) in [6, 6.07) is 8.47. The van der Waals surface area contributed by atoms with Gasteiger partial charge in [0.05, 0.1) is 11.8 Å². The molecule has 0 aliphatic heterocycles. The van der Waals surface area contributed by atoms with E-state index in [-0.39, 0.29) is 10.7 Å². The van der Waals surface area contributed by atoms with Crippen molar-refractivity contribution in [2.75, 3.05) is 19.4 Å². The molecular formula is C15H15ClFN3O. The van der Waals surface area contributed by atoms with E-state index in [2.05, 4.69) is 10.3 Å². The van der Waals surface area contributed by atoms with Crippen LogP contribution in [0.1, 0.15) is 15.9 Å². The molecule has 0 radical (unpaired) electrons. The van der Waals surface area contributed by atoms with Crippen molar-refractivity contribution in [2.45, 2.75) is 6.54 Å². The maximum absolute atomic E-state index is 13.1. The minimum atomic E-state index is -0.606. The minimum absolute atomic E-state index is 0.00837. The van der Waals surface area contributed by atoms with Crippen LogP contribution in [-0.4, -0.2) is 29.9 Å². The van der Waals surface area contributed by atoms with Crippen molar-refractivity contribution >= 4 is 23.2 Å². The van der Waals surface area contributed by atoms with E-state index < -0.39 is 11.7 Å². The number of nitrogens with one attached hydrogen (secondary N) is 1. The van der Waals surface area contributed by atoms with Crippen molar-refractivity contribution in [3.63, 3.8) is 0 Å². The van der Waals surface area contributed by atoms with Crippen LogP contribution in [0.5, 0.6) is 0 Å². The molecule has 0 saturated carbocycles. The van der Waals surface area contributed by atoms with Crippen LogP contribution in [0.2, 0.25) is 5.15 Å². The fourth-order valence-corrected chi connectivity index (χ4v) is 2.03. The van der Waals surface area contributed by atoms with Gasteiger partial charge in [-0.15, -0.1) is 0 Å². The van der Waals surface area contributed by atoms with Crippen LogP contribution < -0.4 is 5.32 Å². The molecule has 1 N–H and O–H groups in total. The molecule has 6 heteroatoms. The molecule has 2 rings (SSSR count). The zero-order valence-corrected chi connectivity index (χ0v) is 12.5. The van der Waals surface area contributed by atoms with Gasteiger partial charge in [0.2, 0.25) is 0 Å². The first kappa shape index (κ1) is 15.4. The van der Waals surface area contributed by atoms with E-state index >= 15 is 0 Å². The van der Waals surface area contributed by atoms with E-state index in [4.69, 9.17) is 11.6 Å². The number of amides is 1. The van der Waals surface area contributed by atoms with Gasteiger partial charge in [0, 0.05) is 12.2 Å². The number of carbonyl (C=O) groups excluding carboxylic acids is 1. The van der Waals surface area contributed by atoms with Crippen LogP contribution in [0.15, 0.2) is 36.5 Å². The van der Waals surface area contributed by atoms with Gasteiger partial charge in [-0.2, -0.15) is 0 Å². The number of hydrogen-bond donors (Lipinski definition) is 1. The average molecular weight is 308 g/mol. The van der Waals surface area contributed by atoms with Gasteiger partial charge < -0.3 is 10.2 Å². The van der Waals surface area contributed by atoms with E-state index in [1.165, 1.54) is 0 Å². The van der Waals surface area contributed by atoms with E-state index in [1.807, 2.05) is 31.1 Å². The molecule has 0 saturated heterocycles. The number of aromatic nitrogens is 1. The maximum Gasteiger partial charge on any atom is 0.258 e. The van der Waals surface area contributed by atoms with Crippen LogP contribution in [0.4, 0.5) is 10.1 Å². The van der Waals surface area contributed by atoms with E-state index in [1.54, 1.807) is 12.1 Å². The second-order valence-corrected chi connectivity index (χ2v) is 5.24. The molecule has 1 aromatic carbocycles. The van der Waals surface area contributed by atoms with E-state index in [0.29, 0.717) is 5.69 Å². The van der Waals surface area contributed by atoms with Crippen LogP contribution >= 0.6 is 11.6 Å². The van der Waals surface area contributed by atoms with Gasteiger partial charge in [-0.3, -0.25) is 4.79 Å². The van der Waals surface area contributed by atoms with E-state index in [9.17, 15) is 9.18 Å². The number of benzene rings is 1. The smallest absolute Gasteiger partial charge is 0.258 e. The summed E-state index contributed by atoms with van der Waals surface area (Å²) in [5.74, 6) is -1.10. The predicted molar refractivity (Wildman–Crippen MR) is 81.0 cm³/mol. The third-order valence-electron chi connectivity index (χ3n) is 2.76. The Morgan fingerprint density at radius 1 is 1.33 bits per heavy atom. The molecule has 0 spiro atoms. The van der Waals surface area contributed by atoms with Crippen molar-refractivity contribution in [2.24, 2.45) is 0 Å². The second kappa shape index (κ2) is 6.65. The van der Waals surface area contributed by atoms with Gasteiger partial charge in [0.1, 0.15) is 11.0 Å². The number of nitrogens with zero attached hydrogens (tertiary/aromatic N) is 2. The number of rotatable bonds is 4. The van der Waals surface area contributed by atoms with Gasteiger partial charge in [-0.1, -0.05) is 23.7 Å². The van der Waals surface area contributed by atoms with Gasteiger partial charge in [0.25, 0.3) is 5.91 Å². The molecule has 0 aliphatic rings. The molecule has 0 bridgehead atoms. The molecule has 0 aliphatic carbocycles. The molecule has 1 heterocycles. The van der Waals surface area contributed by atoms with Gasteiger partial charge in [0.15, 0.2) is 0 Å². The Morgan fingerprint density at radius 2 is 2.00 bits per heavy atom. The summed E-state index contributed by atoms with van der Waals surface area (Å²) < 4.78 is 13.1. The molecule has 2 aromatic rings. The van der Waals surface area contributed by atoms with Crippen molar-refractivity contribution < 1.29 is 9.18 Å². The lowest BCUT2D eigenvalue weighted by Crippen LogP contribution is -2.14. The largest absolute Gasteiger partial charge is 0.322 e. The lowest BCUT2D eigenvalue weighted by molar-refractivity contribution is 0.102. The van der Waals surface area contributed by atoms with Crippen LogP contribution in [0, 0.1) is 5.82 Å². The van der Waals surface area contributed by atoms with Crippen molar-refractivity contribution in [3.8, 4) is 0 Å². The van der Waals surface area contributed by atoms with Gasteiger partial charge in [-0.05, 0) is 37.9 Å². The quantitative estimate of drug-likeness (QED) is 0.882. The summed E-state index contributed by atoms with van der Waals surface area (Å²) in [4.78, 5) is 17.7. The van der Waals surface area contributed by atoms with Crippen molar-refractivity contribution in [3.05, 3.63) is 58.6 Å². The molecule has 1 aromatic heterocycles. The van der Waals surface area contributed by atoms with Crippen LogP contribution in [0.3, 0.4) is 0 Å². The predicted octanol–water partition coefficient (Wildman–Crippen LogP) is 3.19. The lowest BCUT2D eigenvalue weighted by atomic mass is 10.2. The normalized spacial score (nSPS) is 10.7. The minimum Gasteiger partial charge on any atom is -0.322 e. The van der Waals surface area contributed by atoms with Gasteiger partial charge in [-0.25, -0.2) is 9.37 Å². The number of hydrogen-bond acceptors (Lipinski definition) is 3. The number of pyridine rings is 1. The molecular weight excluding hydrogens is 293 g/mol. The van der Waals surface area contributed by atoms with Crippen LogP contribution in [-0.2, 0) is 6.54 Å². The average Bonchev–Trinajstić information content (AvgIpc) is 2.43. The second-order valence-electron chi connectivity index (χ2n) is 4.88. The SMILES string of the molecule is CN(C)Cc1ccc(NC(=O)c2cc(F)cnc2Cl)cc1. The lowest BCUT2D eigenvalue weighted by Gasteiger charge is -2.11. The topological polar surface area (TPSA) is 45.2 Å². The highest BCUT2D eigenvalue weighted by Gasteiger charge is 2.13. The van der Waals surface area contributed by atoms with E-state index in [0.717, 1.165) is 24.4 Å². The van der Waals surface area contributed by atoms with Crippen molar-refractivity contribution in [1.82, 2.24) is 9.88 Å². The molecule has 110 valence electrons. The molecule has 4 nitrogen and oxygen atoms in total. The Labute approximate surface area is 127 Å². The number of anilines is 1. The summed E-state index contributed by atoms with van der Waals surface area (Å²) >= 11 is 5.80. The van der Waals surface area contributed by atoms with Gasteiger partial charge >= 0.3 is 0 Å². The fraction of sp³-hybridized carbons (Fsp3) is 0.200. The first-order valence-electron chi connectivity index (χ1n) is 6.32. The summed E-state index contributed by atoms with van der Waals surface area (Å²) in [5, 5.41) is 2.63. The molecule has 1 amide bonds. The molecule has 0 unspecified atom stereocenters. The molecule has 0 fully saturated rings. The van der Waals surface area contributed by atoms with Crippen molar-refractivity contribution in [1.29, 1.82) is 0 Å². The van der Waals surface area contributed by atoms with Crippen LogP contribution in [0.25, 0.3) is 0 Å². The Hall–Kier alpha value is -1.98. The third-order valence-corrected chi connectivity index (χ3v) is 3.06. The zero-order valence-electron chi connectivity index (χ0n) is 11.7. The summed E-state index contributed by atoms with van der Waals surface area (Å²) in [6.45, 7) is 0.813. The molecule has 21 heavy (non-hydrogen) atoms. The summed E-state index contributed by atoms with van der Waals surface area (Å²) in [7, 11) is 3.96. The summed E-state index contributed by atoms with van der Waals surface area (Å²) in [5.41, 5.74) is 1.75. The number of carbonyl (C=O) groups is 1. The third kappa shape index (κ3) is 4.24. The summed E-state index contributed by atoms with van der Waals surface area (Å²) in [6.07, 6.45) is 0.967. The Morgan fingerprint density at radius 3 is 2.62 bits per heavy atom. The first-order chi connectivity index (χ1) is 9.95. The Kier molecular flexibility index (Phi) is 4.88. The Balaban J connectivity index is 2.10. The number of halogens is 2. The maximum atomic E-state index is 13.1. The highest BCUT2D eigenvalue weighted by atomic mass is 35.5. The molecule has 0 atom stereocenters.